The van der Waals surface area contributed by atoms with Gasteiger partial charge in [-0.1, -0.05) is 33.6 Å². The zero-order valence-corrected chi connectivity index (χ0v) is 12.2. The summed E-state index contributed by atoms with van der Waals surface area (Å²) in [4.78, 5) is 0. The van der Waals surface area contributed by atoms with Crippen LogP contribution in [0, 0.1) is 5.82 Å². The second kappa shape index (κ2) is 5.90. The number of hydrogen-bond acceptors (Lipinski definition) is 2. The van der Waals surface area contributed by atoms with Crippen LogP contribution in [0.3, 0.4) is 0 Å². The van der Waals surface area contributed by atoms with Gasteiger partial charge in [-0.2, -0.15) is 0 Å². The minimum Gasteiger partial charge on any atom is -0.398 e. The molecule has 0 bridgehead atoms. The quantitative estimate of drug-likeness (QED) is 0.824. The summed E-state index contributed by atoms with van der Waals surface area (Å²) in [7, 11) is 0. The normalized spacial score (nSPS) is 12.4. The Labute approximate surface area is 124 Å². The summed E-state index contributed by atoms with van der Waals surface area (Å²) in [6, 6.07) is 9.62. The summed E-state index contributed by atoms with van der Waals surface area (Å²) >= 11 is 9.25. The lowest BCUT2D eigenvalue weighted by atomic mass is 10.00. The molecule has 1 atom stereocenters. The van der Waals surface area contributed by atoms with Crippen LogP contribution in [-0.2, 0) is 6.42 Å². The molecule has 0 amide bonds. The second-order valence-electron chi connectivity index (χ2n) is 4.19. The summed E-state index contributed by atoms with van der Waals surface area (Å²) in [6.45, 7) is 0. The second-order valence-corrected chi connectivity index (χ2v) is 5.52. The lowest BCUT2D eigenvalue weighted by molar-refractivity contribution is 0.178. The largest absolute Gasteiger partial charge is 0.398 e. The Balaban J connectivity index is 2.31. The summed E-state index contributed by atoms with van der Waals surface area (Å²) in [6.07, 6.45) is -0.835. The van der Waals surface area contributed by atoms with Crippen LogP contribution in [0.5, 0.6) is 0 Å². The van der Waals surface area contributed by atoms with Gasteiger partial charge in [-0.3, -0.25) is 0 Å². The standard InChI is InChI=1S/C14H12BrClFNO/c15-8-4-5-13(18)10(6-8)14(19)7-9-11(16)2-1-3-12(9)17/h1-6,14,19H,7,18H2. The molecule has 1 unspecified atom stereocenters. The average molecular weight is 345 g/mol. The van der Waals surface area contributed by atoms with E-state index in [1.54, 1.807) is 24.3 Å². The van der Waals surface area contributed by atoms with E-state index in [-0.39, 0.29) is 12.0 Å². The number of halogens is 3. The number of aliphatic hydroxyl groups excluding tert-OH is 1. The molecule has 0 heterocycles. The van der Waals surface area contributed by atoms with Gasteiger partial charge in [-0.25, -0.2) is 4.39 Å². The Morgan fingerprint density at radius 3 is 2.74 bits per heavy atom. The molecule has 2 aromatic carbocycles. The van der Waals surface area contributed by atoms with Crippen LogP contribution in [0.2, 0.25) is 5.02 Å². The zero-order valence-electron chi connectivity index (χ0n) is 9.91. The molecular formula is C14H12BrClFNO. The molecule has 100 valence electrons. The highest BCUT2D eigenvalue weighted by Crippen LogP contribution is 2.30. The van der Waals surface area contributed by atoms with Crippen molar-refractivity contribution in [1.29, 1.82) is 0 Å². The van der Waals surface area contributed by atoms with Crippen molar-refractivity contribution in [3.63, 3.8) is 0 Å². The molecule has 0 aliphatic carbocycles. The van der Waals surface area contributed by atoms with Crippen LogP contribution in [-0.4, -0.2) is 5.11 Å². The van der Waals surface area contributed by atoms with E-state index in [0.29, 0.717) is 16.3 Å². The van der Waals surface area contributed by atoms with Gasteiger partial charge in [0, 0.05) is 32.7 Å². The zero-order chi connectivity index (χ0) is 14.0. The van der Waals surface area contributed by atoms with Crippen molar-refractivity contribution < 1.29 is 9.50 Å². The SMILES string of the molecule is Nc1ccc(Br)cc1C(O)Cc1c(F)cccc1Cl. The van der Waals surface area contributed by atoms with Crippen LogP contribution < -0.4 is 5.73 Å². The Bertz CT molecular complexity index is 586. The predicted molar refractivity (Wildman–Crippen MR) is 78.6 cm³/mol. The molecule has 0 aromatic heterocycles. The molecule has 0 spiro atoms. The molecule has 2 aromatic rings. The monoisotopic (exact) mass is 343 g/mol. The van der Waals surface area contributed by atoms with Gasteiger partial charge in [0.15, 0.2) is 0 Å². The summed E-state index contributed by atoms with van der Waals surface area (Å²) in [5, 5.41) is 10.5. The van der Waals surface area contributed by atoms with E-state index in [2.05, 4.69) is 15.9 Å². The molecule has 0 fully saturated rings. The maximum Gasteiger partial charge on any atom is 0.127 e. The van der Waals surface area contributed by atoms with Gasteiger partial charge in [-0.05, 0) is 30.3 Å². The summed E-state index contributed by atoms with van der Waals surface area (Å²) in [5.74, 6) is -0.430. The first-order valence-electron chi connectivity index (χ1n) is 5.65. The summed E-state index contributed by atoms with van der Waals surface area (Å²) in [5.41, 5.74) is 7.11. The Morgan fingerprint density at radius 1 is 1.32 bits per heavy atom. The third-order valence-corrected chi connectivity index (χ3v) is 3.71. The number of benzene rings is 2. The van der Waals surface area contributed by atoms with Gasteiger partial charge in [0.2, 0.25) is 0 Å². The lowest BCUT2D eigenvalue weighted by Gasteiger charge is -2.15. The van der Waals surface area contributed by atoms with Crippen molar-refractivity contribution in [3.8, 4) is 0 Å². The van der Waals surface area contributed by atoms with Crippen LogP contribution in [0.1, 0.15) is 17.2 Å². The average Bonchev–Trinajstić information content (AvgIpc) is 2.37. The van der Waals surface area contributed by atoms with E-state index >= 15 is 0 Å². The molecule has 0 saturated heterocycles. The first-order valence-corrected chi connectivity index (χ1v) is 6.82. The van der Waals surface area contributed by atoms with E-state index in [9.17, 15) is 9.50 Å². The van der Waals surface area contributed by atoms with Gasteiger partial charge >= 0.3 is 0 Å². The van der Waals surface area contributed by atoms with Gasteiger partial charge in [0.05, 0.1) is 6.10 Å². The third-order valence-electron chi connectivity index (χ3n) is 2.87. The Hall–Kier alpha value is -1.10. The number of nitrogen functional groups attached to an aromatic ring is 1. The molecule has 3 N–H and O–H groups in total. The minimum absolute atomic E-state index is 0.0756. The first-order chi connectivity index (χ1) is 8.99. The van der Waals surface area contributed by atoms with Crippen LogP contribution in [0.4, 0.5) is 10.1 Å². The topological polar surface area (TPSA) is 46.2 Å². The van der Waals surface area contributed by atoms with E-state index < -0.39 is 11.9 Å². The molecule has 2 rings (SSSR count). The van der Waals surface area contributed by atoms with E-state index in [0.717, 1.165) is 4.47 Å². The van der Waals surface area contributed by atoms with Crippen LogP contribution >= 0.6 is 27.5 Å². The number of anilines is 1. The van der Waals surface area contributed by atoms with Gasteiger partial charge < -0.3 is 10.8 Å². The van der Waals surface area contributed by atoms with Gasteiger partial charge in [0.1, 0.15) is 5.82 Å². The fourth-order valence-electron chi connectivity index (χ4n) is 1.86. The number of hydrogen-bond donors (Lipinski definition) is 2. The van der Waals surface area contributed by atoms with E-state index in [1.165, 1.54) is 12.1 Å². The van der Waals surface area contributed by atoms with Crippen molar-refractivity contribution in [2.45, 2.75) is 12.5 Å². The number of nitrogens with two attached hydrogens (primary N) is 1. The highest BCUT2D eigenvalue weighted by atomic mass is 79.9. The van der Waals surface area contributed by atoms with Crippen molar-refractivity contribution in [2.75, 3.05) is 5.73 Å². The van der Waals surface area contributed by atoms with E-state index in [4.69, 9.17) is 17.3 Å². The molecule has 0 radical (unpaired) electrons. The minimum atomic E-state index is -0.910. The molecular weight excluding hydrogens is 333 g/mol. The van der Waals surface area contributed by atoms with Crippen molar-refractivity contribution >= 4 is 33.2 Å². The molecule has 0 aliphatic rings. The van der Waals surface area contributed by atoms with Crippen LogP contribution in [0.15, 0.2) is 40.9 Å². The third kappa shape index (κ3) is 3.26. The fraction of sp³-hybridized carbons (Fsp3) is 0.143. The van der Waals surface area contributed by atoms with E-state index in [1.807, 2.05) is 0 Å². The lowest BCUT2D eigenvalue weighted by Crippen LogP contribution is -2.07. The molecule has 5 heteroatoms. The first kappa shape index (κ1) is 14.3. The predicted octanol–water partition coefficient (Wildman–Crippen LogP) is 4.10. The molecule has 2 nitrogen and oxygen atoms in total. The van der Waals surface area contributed by atoms with Crippen molar-refractivity contribution in [3.05, 3.63) is 62.8 Å². The molecule has 0 aliphatic heterocycles. The number of rotatable bonds is 3. The Morgan fingerprint density at radius 2 is 2.05 bits per heavy atom. The highest BCUT2D eigenvalue weighted by Gasteiger charge is 2.16. The Kier molecular flexibility index (Phi) is 4.45. The smallest absolute Gasteiger partial charge is 0.127 e. The maximum atomic E-state index is 13.7. The van der Waals surface area contributed by atoms with Crippen molar-refractivity contribution in [1.82, 2.24) is 0 Å². The highest BCUT2D eigenvalue weighted by molar-refractivity contribution is 9.10. The molecule has 0 saturated carbocycles. The summed E-state index contributed by atoms with van der Waals surface area (Å²) < 4.78 is 14.5. The van der Waals surface area contributed by atoms with Crippen LogP contribution in [0.25, 0.3) is 0 Å². The van der Waals surface area contributed by atoms with Gasteiger partial charge in [0.25, 0.3) is 0 Å². The van der Waals surface area contributed by atoms with Gasteiger partial charge in [-0.15, -0.1) is 0 Å². The fourth-order valence-corrected chi connectivity index (χ4v) is 2.48. The number of aliphatic hydroxyl groups is 1. The maximum absolute atomic E-state index is 13.7. The molecule has 19 heavy (non-hydrogen) atoms. The van der Waals surface area contributed by atoms with Crippen molar-refractivity contribution in [2.24, 2.45) is 0 Å².